The van der Waals surface area contributed by atoms with Crippen molar-refractivity contribution in [2.75, 3.05) is 19.6 Å². The maximum absolute atomic E-state index is 12.4. The van der Waals surface area contributed by atoms with E-state index in [1.807, 2.05) is 4.90 Å². The number of hydrogen-bond acceptors (Lipinski definition) is 2. The highest BCUT2D eigenvalue weighted by molar-refractivity contribution is 5.85. The molecule has 100 valence electrons. The van der Waals surface area contributed by atoms with Crippen molar-refractivity contribution in [1.29, 1.82) is 0 Å². The Labute approximate surface area is 111 Å². The van der Waals surface area contributed by atoms with E-state index in [0.717, 1.165) is 19.5 Å². The molecule has 1 saturated heterocycles. The maximum atomic E-state index is 12.4. The van der Waals surface area contributed by atoms with Crippen LogP contribution in [0.1, 0.15) is 34.1 Å². The zero-order valence-electron chi connectivity index (χ0n) is 11.3. The molecule has 0 aromatic rings. The summed E-state index contributed by atoms with van der Waals surface area (Å²) in [4.78, 5) is 14.4. The number of carbonyl (C=O) groups excluding carboxylic acids is 1. The first-order chi connectivity index (χ1) is 7.32. The van der Waals surface area contributed by atoms with E-state index in [-0.39, 0.29) is 29.2 Å². The lowest BCUT2D eigenvalue weighted by molar-refractivity contribution is -0.132. The van der Waals surface area contributed by atoms with E-state index in [2.05, 4.69) is 27.7 Å². The zero-order chi connectivity index (χ0) is 12.1. The topological polar surface area (TPSA) is 46.3 Å². The molecular formula is C13H25ClN2O. The van der Waals surface area contributed by atoms with E-state index in [1.54, 1.807) is 0 Å². The monoisotopic (exact) mass is 260 g/mol. The lowest BCUT2D eigenvalue weighted by Crippen LogP contribution is -2.32. The molecule has 2 rings (SSSR count). The molecule has 0 aromatic carbocycles. The van der Waals surface area contributed by atoms with Crippen molar-refractivity contribution >= 4 is 18.3 Å². The van der Waals surface area contributed by atoms with Gasteiger partial charge in [-0.25, -0.2) is 0 Å². The van der Waals surface area contributed by atoms with Crippen molar-refractivity contribution in [3.63, 3.8) is 0 Å². The second-order valence-electron chi connectivity index (χ2n) is 6.55. The quantitative estimate of drug-likeness (QED) is 0.824. The third-order valence-electron chi connectivity index (χ3n) is 5.20. The molecule has 0 bridgehead atoms. The molecule has 1 saturated carbocycles. The number of rotatable bonds is 2. The summed E-state index contributed by atoms with van der Waals surface area (Å²) < 4.78 is 0. The maximum Gasteiger partial charge on any atom is 0.226 e. The summed E-state index contributed by atoms with van der Waals surface area (Å²) in [6, 6.07) is 0. The number of amides is 1. The van der Waals surface area contributed by atoms with Gasteiger partial charge in [0.25, 0.3) is 0 Å². The normalized spacial score (nSPS) is 29.9. The Hall–Kier alpha value is -0.280. The van der Waals surface area contributed by atoms with Gasteiger partial charge in [-0.1, -0.05) is 27.7 Å². The molecule has 2 fully saturated rings. The smallest absolute Gasteiger partial charge is 0.226 e. The van der Waals surface area contributed by atoms with Crippen molar-refractivity contribution in [3.05, 3.63) is 0 Å². The van der Waals surface area contributed by atoms with Crippen LogP contribution in [-0.2, 0) is 4.79 Å². The number of carbonyl (C=O) groups is 1. The summed E-state index contributed by atoms with van der Waals surface area (Å²) in [5, 5.41) is 0. The first-order valence-electron chi connectivity index (χ1n) is 6.31. The van der Waals surface area contributed by atoms with Gasteiger partial charge in [0.15, 0.2) is 0 Å². The second-order valence-corrected chi connectivity index (χ2v) is 6.55. The first kappa shape index (κ1) is 14.8. The predicted molar refractivity (Wildman–Crippen MR) is 72.0 cm³/mol. The van der Waals surface area contributed by atoms with Crippen molar-refractivity contribution in [2.24, 2.45) is 28.4 Å². The van der Waals surface area contributed by atoms with Crippen LogP contribution in [0, 0.1) is 22.7 Å². The predicted octanol–water partition coefficient (Wildman–Crippen LogP) is 1.90. The summed E-state index contributed by atoms with van der Waals surface area (Å²) >= 11 is 0. The molecule has 0 aromatic heterocycles. The highest BCUT2D eigenvalue weighted by Crippen LogP contribution is 2.68. The SMILES string of the molecule is CC1(C)C(C(=O)N2CCC(CN)C2)C1(C)C.Cl. The molecule has 1 heterocycles. The standard InChI is InChI=1S/C13H24N2O.ClH/c1-12(2)10(13(12,3)4)11(16)15-6-5-9(7-14)8-15;/h9-10H,5-8,14H2,1-4H3;1H. The largest absolute Gasteiger partial charge is 0.342 e. The van der Waals surface area contributed by atoms with Crippen molar-refractivity contribution in [2.45, 2.75) is 34.1 Å². The Morgan fingerprint density at radius 3 is 2.18 bits per heavy atom. The van der Waals surface area contributed by atoms with E-state index < -0.39 is 0 Å². The Balaban J connectivity index is 0.00000144. The van der Waals surface area contributed by atoms with Gasteiger partial charge in [-0.15, -0.1) is 12.4 Å². The molecule has 0 spiro atoms. The number of nitrogens with zero attached hydrogens (tertiary/aromatic N) is 1. The molecule has 4 heteroatoms. The molecule has 1 unspecified atom stereocenters. The summed E-state index contributed by atoms with van der Waals surface area (Å²) in [6.07, 6.45) is 1.08. The number of nitrogens with two attached hydrogens (primary N) is 1. The van der Waals surface area contributed by atoms with Crippen LogP contribution in [0.4, 0.5) is 0 Å². The molecule has 17 heavy (non-hydrogen) atoms. The van der Waals surface area contributed by atoms with Gasteiger partial charge in [0.1, 0.15) is 0 Å². The molecule has 2 aliphatic rings. The molecule has 2 N–H and O–H groups in total. The van der Waals surface area contributed by atoms with Gasteiger partial charge in [-0.3, -0.25) is 4.79 Å². The minimum absolute atomic E-state index is 0. The van der Waals surface area contributed by atoms with Gasteiger partial charge in [-0.2, -0.15) is 0 Å². The average molecular weight is 261 g/mol. The third kappa shape index (κ3) is 2.08. The van der Waals surface area contributed by atoms with Gasteiger partial charge in [0.05, 0.1) is 0 Å². The fourth-order valence-electron chi connectivity index (χ4n) is 3.22. The van der Waals surface area contributed by atoms with Gasteiger partial charge >= 0.3 is 0 Å². The average Bonchev–Trinajstić information content (AvgIpc) is 2.59. The van der Waals surface area contributed by atoms with Crippen LogP contribution in [0.5, 0.6) is 0 Å². The fraction of sp³-hybridized carbons (Fsp3) is 0.923. The Morgan fingerprint density at radius 1 is 1.29 bits per heavy atom. The van der Waals surface area contributed by atoms with E-state index >= 15 is 0 Å². The minimum Gasteiger partial charge on any atom is -0.342 e. The van der Waals surface area contributed by atoms with Crippen LogP contribution in [-0.4, -0.2) is 30.4 Å². The Morgan fingerprint density at radius 2 is 1.82 bits per heavy atom. The highest BCUT2D eigenvalue weighted by Gasteiger charge is 2.68. The van der Waals surface area contributed by atoms with Crippen LogP contribution >= 0.6 is 12.4 Å². The van der Waals surface area contributed by atoms with Crippen LogP contribution in [0.15, 0.2) is 0 Å². The molecule has 1 aliphatic heterocycles. The summed E-state index contributed by atoms with van der Waals surface area (Å²) in [5.74, 6) is 1.08. The lowest BCUT2D eigenvalue weighted by Gasteiger charge is -2.17. The first-order valence-corrected chi connectivity index (χ1v) is 6.31. The highest BCUT2D eigenvalue weighted by atomic mass is 35.5. The number of halogens is 1. The fourth-order valence-corrected chi connectivity index (χ4v) is 3.22. The van der Waals surface area contributed by atoms with E-state index in [1.165, 1.54) is 0 Å². The second kappa shape index (κ2) is 4.43. The van der Waals surface area contributed by atoms with Gasteiger partial charge in [-0.05, 0) is 29.7 Å². The molecule has 1 amide bonds. The van der Waals surface area contributed by atoms with E-state index in [0.29, 0.717) is 18.4 Å². The molecule has 0 radical (unpaired) electrons. The van der Waals surface area contributed by atoms with Crippen LogP contribution in [0.3, 0.4) is 0 Å². The Kier molecular flexibility index (Phi) is 3.85. The van der Waals surface area contributed by atoms with Crippen LogP contribution < -0.4 is 5.73 Å². The van der Waals surface area contributed by atoms with Crippen LogP contribution in [0.25, 0.3) is 0 Å². The molecular weight excluding hydrogens is 236 g/mol. The summed E-state index contributed by atoms with van der Waals surface area (Å²) in [5.41, 5.74) is 5.97. The van der Waals surface area contributed by atoms with Crippen molar-refractivity contribution < 1.29 is 4.79 Å². The van der Waals surface area contributed by atoms with Gasteiger partial charge < -0.3 is 10.6 Å². The zero-order valence-corrected chi connectivity index (χ0v) is 12.1. The Bertz CT molecular complexity index is 301. The molecule has 3 nitrogen and oxygen atoms in total. The van der Waals surface area contributed by atoms with E-state index in [9.17, 15) is 4.79 Å². The number of likely N-dealkylation sites (tertiary alicyclic amines) is 1. The molecule has 1 aliphatic carbocycles. The van der Waals surface area contributed by atoms with Gasteiger partial charge in [0, 0.05) is 19.0 Å². The third-order valence-corrected chi connectivity index (χ3v) is 5.20. The van der Waals surface area contributed by atoms with Gasteiger partial charge in [0.2, 0.25) is 5.91 Å². The van der Waals surface area contributed by atoms with Crippen molar-refractivity contribution in [3.8, 4) is 0 Å². The lowest BCUT2D eigenvalue weighted by atomic mass is 10.0. The molecule has 1 atom stereocenters. The van der Waals surface area contributed by atoms with E-state index in [4.69, 9.17) is 5.73 Å². The summed E-state index contributed by atoms with van der Waals surface area (Å²) in [7, 11) is 0. The van der Waals surface area contributed by atoms with Crippen molar-refractivity contribution in [1.82, 2.24) is 4.90 Å². The van der Waals surface area contributed by atoms with Crippen LogP contribution in [0.2, 0.25) is 0 Å². The minimum atomic E-state index is 0. The summed E-state index contributed by atoms with van der Waals surface area (Å²) in [6.45, 7) is 11.3. The number of hydrogen-bond donors (Lipinski definition) is 1.